The first-order chi connectivity index (χ1) is 41.3. The molecule has 0 saturated heterocycles. The smallest absolute Gasteiger partial charge is 0.268 e. The Morgan fingerprint density at radius 2 is 1.01 bits per heavy atom. The molecule has 0 amide bonds. The summed E-state index contributed by atoms with van der Waals surface area (Å²) in [5, 5.41) is 8.46. The number of benzene rings is 11. The monoisotopic (exact) mass is 1230 g/mol. The van der Waals surface area contributed by atoms with Crippen molar-refractivity contribution >= 4 is 98.4 Å². The van der Waals surface area contributed by atoms with E-state index in [9.17, 15) is 4.11 Å². The molecule has 390 valence electrons. The summed E-state index contributed by atoms with van der Waals surface area (Å²) in [6.07, 6.45) is 5.34. The van der Waals surface area contributed by atoms with E-state index in [2.05, 4.69) is 184 Å². The third-order valence-corrected chi connectivity index (χ3v) is 16.0. The summed E-state index contributed by atoms with van der Waals surface area (Å²) in [6.45, 7) is -2.55. The van der Waals surface area contributed by atoms with Gasteiger partial charge in [0.2, 0.25) is 0 Å². The summed E-state index contributed by atoms with van der Waals surface area (Å²) in [5.74, 6) is 1.36. The predicted molar refractivity (Wildman–Crippen MR) is 326 cm³/mol. The summed E-state index contributed by atoms with van der Waals surface area (Å²) >= 11 is 0. The quantitative estimate of drug-likeness (QED) is 0.113. The van der Waals surface area contributed by atoms with Crippen molar-refractivity contribution in [3.8, 4) is 51.2 Å². The van der Waals surface area contributed by atoms with Gasteiger partial charge in [-0.15, -0.1) is 29.7 Å². The molecule has 9 heteroatoms. The van der Waals surface area contributed by atoms with Crippen LogP contribution in [0.3, 0.4) is 0 Å². The summed E-state index contributed by atoms with van der Waals surface area (Å²) in [4.78, 5) is 5.21. The molecule has 0 bridgehead atoms. The zero-order valence-corrected chi connectivity index (χ0v) is 45.8. The number of ether oxygens (including phenoxy) is 1. The predicted octanol–water partition coefficient (Wildman–Crippen LogP) is 17.7. The van der Waals surface area contributed by atoms with Crippen molar-refractivity contribution < 1.29 is 38.9 Å². The second kappa shape index (κ2) is 18.7. The number of pyridine rings is 1. The van der Waals surface area contributed by atoms with Crippen LogP contribution in [-0.4, -0.2) is 23.3 Å². The van der Waals surface area contributed by atoms with E-state index in [0.29, 0.717) is 34.0 Å². The van der Waals surface area contributed by atoms with E-state index in [4.69, 9.17) is 14.1 Å². The molecule has 0 atom stereocenters. The number of para-hydroxylation sites is 8. The van der Waals surface area contributed by atoms with Gasteiger partial charge in [-0.05, 0) is 108 Å². The Hall–Kier alpha value is -10.3. The average Bonchev–Trinajstić information content (AvgIpc) is 2.62. The molecular formula is C73H44N6O2Pt-2. The van der Waals surface area contributed by atoms with Crippen LogP contribution in [0.15, 0.2) is 253 Å². The SMILES string of the molecule is [2H]C([2H])([2H])c1cc(-n2c3[c-]c(Oc4[c-]c(-n5[c-][n+](-c6ccc7oc8ccccc8c7c6)c6ccccc65)ccc4)ccc3c3ccccc32)ncc1-c1cc(-n2c3ccccc3c3ccccc32)cc(-n2c3ccccc3c3ccccc32)c1.[Pt]. The minimum Gasteiger partial charge on any atom is -0.510 e. The summed E-state index contributed by atoms with van der Waals surface area (Å²) in [7, 11) is 0. The number of imidazole rings is 1. The number of rotatable bonds is 8. The summed E-state index contributed by atoms with van der Waals surface area (Å²) in [5.41, 5.74) is 14.1. The third-order valence-electron chi connectivity index (χ3n) is 16.0. The molecule has 0 aliphatic rings. The van der Waals surface area contributed by atoms with E-state index in [1.54, 1.807) is 12.3 Å². The molecule has 0 radical (unpaired) electrons. The van der Waals surface area contributed by atoms with Crippen LogP contribution in [0.2, 0.25) is 0 Å². The number of aryl methyl sites for hydroxylation is 1. The second-order valence-electron chi connectivity index (χ2n) is 20.5. The van der Waals surface area contributed by atoms with Gasteiger partial charge in [-0.3, -0.25) is 4.57 Å². The molecule has 0 fully saturated rings. The Morgan fingerprint density at radius 3 is 1.66 bits per heavy atom. The van der Waals surface area contributed by atoms with Gasteiger partial charge in [0.15, 0.2) is 0 Å². The largest absolute Gasteiger partial charge is 0.510 e. The van der Waals surface area contributed by atoms with Crippen LogP contribution in [0.1, 0.15) is 9.68 Å². The van der Waals surface area contributed by atoms with Gasteiger partial charge in [-0.2, -0.15) is 18.2 Å². The number of hydrogen-bond acceptors (Lipinski definition) is 3. The van der Waals surface area contributed by atoms with Gasteiger partial charge in [0, 0.05) is 97.6 Å². The fraction of sp³-hybridized carbons (Fsp3) is 0.0137. The molecule has 0 unspecified atom stereocenters. The first-order valence-corrected chi connectivity index (χ1v) is 26.9. The number of furan rings is 1. The number of hydrogen-bond donors (Lipinski definition) is 0. The maximum absolute atomic E-state index is 9.25. The maximum atomic E-state index is 9.25. The van der Waals surface area contributed by atoms with Crippen LogP contribution in [-0.2, 0) is 21.1 Å². The van der Waals surface area contributed by atoms with Crippen LogP contribution >= 0.6 is 0 Å². The Morgan fingerprint density at radius 1 is 0.463 bits per heavy atom. The van der Waals surface area contributed by atoms with Crippen LogP contribution in [0.5, 0.6) is 11.5 Å². The topological polar surface area (TPSA) is 58.9 Å². The van der Waals surface area contributed by atoms with E-state index >= 15 is 0 Å². The molecule has 0 aliphatic carbocycles. The number of aromatic nitrogens is 6. The fourth-order valence-electron chi connectivity index (χ4n) is 12.4. The molecule has 0 saturated carbocycles. The zero-order valence-electron chi connectivity index (χ0n) is 46.5. The van der Waals surface area contributed by atoms with Crippen molar-refractivity contribution in [3.63, 3.8) is 0 Å². The van der Waals surface area contributed by atoms with Crippen molar-refractivity contribution in [2.24, 2.45) is 0 Å². The van der Waals surface area contributed by atoms with Gasteiger partial charge in [-0.1, -0.05) is 139 Å². The number of fused-ring (bicyclic) bond motifs is 13. The van der Waals surface area contributed by atoms with Crippen molar-refractivity contribution in [2.45, 2.75) is 6.85 Å². The van der Waals surface area contributed by atoms with Crippen LogP contribution in [0.25, 0.3) is 138 Å². The van der Waals surface area contributed by atoms with Gasteiger partial charge >= 0.3 is 0 Å². The van der Waals surface area contributed by atoms with Gasteiger partial charge in [0.1, 0.15) is 17.0 Å². The summed E-state index contributed by atoms with van der Waals surface area (Å²) in [6, 6.07) is 89.3. The van der Waals surface area contributed by atoms with Gasteiger partial charge in [0.05, 0.1) is 38.8 Å². The second-order valence-corrected chi connectivity index (χ2v) is 20.5. The molecule has 6 heterocycles. The van der Waals surface area contributed by atoms with Crippen LogP contribution in [0, 0.1) is 25.3 Å². The first-order valence-electron chi connectivity index (χ1n) is 28.4. The number of nitrogens with zero attached hydrogens (tertiary/aromatic N) is 6. The summed E-state index contributed by atoms with van der Waals surface area (Å²) < 4.78 is 51.2. The molecule has 0 aliphatic heterocycles. The Labute approximate surface area is 488 Å². The minimum atomic E-state index is -2.55. The van der Waals surface area contributed by atoms with Crippen LogP contribution < -0.4 is 9.30 Å². The Balaban J connectivity index is 0.00000588. The zero-order chi connectivity index (χ0) is 55.8. The van der Waals surface area contributed by atoms with Gasteiger partial charge in [-0.25, -0.2) is 4.98 Å². The molecular weight excluding hydrogens is 1190 g/mol. The first kappa shape index (κ1) is 44.6. The van der Waals surface area contributed by atoms with E-state index in [1.165, 1.54) is 0 Å². The Bertz CT molecular complexity index is 5330. The van der Waals surface area contributed by atoms with Crippen molar-refractivity contribution in [1.82, 2.24) is 23.3 Å². The fourth-order valence-corrected chi connectivity index (χ4v) is 12.4. The average molecular weight is 1240 g/mol. The normalized spacial score (nSPS) is 12.6. The van der Waals surface area contributed by atoms with Crippen LogP contribution in [0.4, 0.5) is 0 Å². The van der Waals surface area contributed by atoms with Crippen molar-refractivity contribution in [3.05, 3.63) is 273 Å². The molecule has 0 spiro atoms. The van der Waals surface area contributed by atoms with Crippen molar-refractivity contribution in [1.29, 1.82) is 0 Å². The molecule has 8 nitrogen and oxygen atoms in total. The third kappa shape index (κ3) is 7.35. The van der Waals surface area contributed by atoms with Crippen molar-refractivity contribution in [2.75, 3.05) is 0 Å². The molecule has 82 heavy (non-hydrogen) atoms. The van der Waals surface area contributed by atoms with Gasteiger partial charge < -0.3 is 27.4 Å². The maximum Gasteiger partial charge on any atom is 0.268 e. The van der Waals surface area contributed by atoms with Gasteiger partial charge in [0.25, 0.3) is 6.33 Å². The van der Waals surface area contributed by atoms with E-state index in [0.717, 1.165) is 116 Å². The molecule has 17 aromatic rings. The van der Waals surface area contributed by atoms with E-state index < -0.39 is 6.85 Å². The molecule has 0 N–H and O–H groups in total. The molecule has 17 rings (SSSR count). The Kier molecular flexibility index (Phi) is 10.1. The minimum absolute atomic E-state index is 0. The molecule has 11 aromatic carbocycles. The van der Waals surface area contributed by atoms with E-state index in [-0.39, 0.29) is 26.6 Å². The standard InChI is InChI=1S/C73H44N6O2.Pt/c1-46-37-73(74-44-62(46)47-38-50(77-63-25-8-2-19-54(63)55-20-3-9-26-64(55)77)40-51(39-47)78-65-27-10-4-21-56(65)57-22-5-11-28-66(57)78)79-67-29-12-6-23-58(67)59-35-34-53(43-70(59)79)80-52-18-16-17-48(41-52)75-45-76(69-31-14-13-30-68(69)75)49-33-36-72-61(42-49)60-24-7-15-32-71(60)81-72;/h2-40,42,44H,1H3;/q-2;/i1D3;. The molecule has 6 aromatic heterocycles. The van der Waals surface area contributed by atoms with E-state index in [1.807, 2.05) is 94.1 Å².